The topological polar surface area (TPSA) is 60.3 Å². The van der Waals surface area contributed by atoms with Gasteiger partial charge < -0.3 is 14.6 Å². The first-order valence-electron chi connectivity index (χ1n) is 8.01. The molecule has 0 radical (unpaired) electrons. The van der Waals surface area contributed by atoms with Gasteiger partial charge in [0.2, 0.25) is 0 Å². The number of esters is 1. The van der Waals surface area contributed by atoms with Gasteiger partial charge in [-0.2, -0.15) is 0 Å². The maximum absolute atomic E-state index is 12.3. The Kier molecular flexibility index (Phi) is 4.31. The van der Waals surface area contributed by atoms with Crippen molar-refractivity contribution in [3.05, 3.63) is 70.2 Å². The van der Waals surface area contributed by atoms with E-state index < -0.39 is 5.97 Å². The molecule has 3 rings (SSSR count). The summed E-state index contributed by atoms with van der Waals surface area (Å²) in [6.45, 7) is 5.70. The van der Waals surface area contributed by atoms with E-state index in [2.05, 4.69) is 9.88 Å². The Labute approximate surface area is 146 Å². The van der Waals surface area contributed by atoms with E-state index in [-0.39, 0.29) is 11.5 Å². The molecular formula is C20H20N2O3. The fourth-order valence-corrected chi connectivity index (χ4v) is 3.18. The summed E-state index contributed by atoms with van der Waals surface area (Å²) in [5, 5.41) is 2.69. The van der Waals surface area contributed by atoms with Gasteiger partial charge in [-0.25, -0.2) is 4.79 Å². The first-order chi connectivity index (χ1) is 11.9. The van der Waals surface area contributed by atoms with Crippen LogP contribution < -0.4 is 5.32 Å². The number of rotatable bonds is 3. The first-order valence-corrected chi connectivity index (χ1v) is 8.01. The zero-order chi connectivity index (χ0) is 18.1. The zero-order valence-corrected chi connectivity index (χ0v) is 14.7. The molecule has 0 saturated carbocycles. The fourth-order valence-electron chi connectivity index (χ4n) is 3.18. The summed E-state index contributed by atoms with van der Waals surface area (Å²) in [5.74, 6) is -0.804. The van der Waals surface area contributed by atoms with Gasteiger partial charge in [-0.1, -0.05) is 18.2 Å². The second-order valence-corrected chi connectivity index (χ2v) is 6.00. The maximum atomic E-state index is 12.3. The smallest absolute Gasteiger partial charge is 0.340 e. The average molecular weight is 336 g/mol. The molecule has 1 N–H and O–H groups in total. The second-order valence-electron chi connectivity index (χ2n) is 6.00. The number of allylic oxidation sites excluding steroid dienone is 1. The van der Waals surface area contributed by atoms with E-state index in [4.69, 9.17) is 4.74 Å². The van der Waals surface area contributed by atoms with E-state index >= 15 is 0 Å². The molecule has 5 nitrogen and oxygen atoms in total. The molecule has 128 valence electrons. The SMILES string of the molecule is COC(=O)C1=C(C)NC(=O)/C1=C\c1cc(C)n(-c2ccccc2)c1C. The molecule has 1 aliphatic heterocycles. The number of para-hydroxylation sites is 1. The van der Waals surface area contributed by atoms with Crippen LogP contribution >= 0.6 is 0 Å². The van der Waals surface area contributed by atoms with E-state index in [1.165, 1.54) is 7.11 Å². The number of aromatic nitrogens is 1. The lowest BCUT2D eigenvalue weighted by atomic mass is 10.0. The minimum atomic E-state index is -0.515. The van der Waals surface area contributed by atoms with Gasteiger partial charge in [0.25, 0.3) is 5.91 Å². The molecule has 25 heavy (non-hydrogen) atoms. The Balaban J connectivity index is 2.11. The molecule has 0 spiro atoms. The van der Waals surface area contributed by atoms with Gasteiger partial charge in [-0.3, -0.25) is 4.79 Å². The Bertz CT molecular complexity index is 918. The van der Waals surface area contributed by atoms with Gasteiger partial charge in [0.05, 0.1) is 18.3 Å². The molecule has 1 aromatic heterocycles. The van der Waals surface area contributed by atoms with Crippen molar-refractivity contribution in [2.45, 2.75) is 20.8 Å². The number of benzene rings is 1. The summed E-state index contributed by atoms with van der Waals surface area (Å²) in [5.41, 5.74) is 5.13. The molecule has 1 aromatic carbocycles. The highest BCUT2D eigenvalue weighted by atomic mass is 16.5. The van der Waals surface area contributed by atoms with E-state index in [1.54, 1.807) is 13.0 Å². The van der Waals surface area contributed by atoms with Crippen LogP contribution in [0.25, 0.3) is 11.8 Å². The number of aryl methyl sites for hydroxylation is 1. The predicted octanol–water partition coefficient (Wildman–Crippen LogP) is 3.05. The highest BCUT2D eigenvalue weighted by Gasteiger charge is 2.31. The summed E-state index contributed by atoms with van der Waals surface area (Å²) < 4.78 is 6.93. The number of carbonyl (C=O) groups is 2. The summed E-state index contributed by atoms with van der Waals surface area (Å²) in [4.78, 5) is 24.3. The van der Waals surface area contributed by atoms with Crippen LogP contribution in [0.4, 0.5) is 0 Å². The largest absolute Gasteiger partial charge is 0.465 e. The van der Waals surface area contributed by atoms with Crippen LogP contribution in [0.15, 0.2) is 53.2 Å². The van der Waals surface area contributed by atoms with E-state index in [1.807, 2.05) is 50.2 Å². The van der Waals surface area contributed by atoms with Crippen molar-refractivity contribution in [3.63, 3.8) is 0 Å². The van der Waals surface area contributed by atoms with Crippen molar-refractivity contribution < 1.29 is 14.3 Å². The summed E-state index contributed by atoms with van der Waals surface area (Å²) in [6, 6.07) is 12.0. The fraction of sp³-hybridized carbons (Fsp3) is 0.200. The minimum absolute atomic E-state index is 0.289. The molecule has 1 aliphatic rings. The first kappa shape index (κ1) is 16.8. The van der Waals surface area contributed by atoms with Crippen molar-refractivity contribution in [1.29, 1.82) is 0 Å². The van der Waals surface area contributed by atoms with Gasteiger partial charge in [-0.05, 0) is 50.6 Å². The Morgan fingerprint density at radius 1 is 1.16 bits per heavy atom. The Morgan fingerprint density at radius 2 is 1.84 bits per heavy atom. The van der Waals surface area contributed by atoms with E-state index in [0.29, 0.717) is 11.3 Å². The molecule has 2 aromatic rings. The summed E-state index contributed by atoms with van der Waals surface area (Å²) >= 11 is 0. The molecule has 1 amide bonds. The lowest BCUT2D eigenvalue weighted by Crippen LogP contribution is -2.15. The van der Waals surface area contributed by atoms with Crippen LogP contribution in [0.5, 0.6) is 0 Å². The molecule has 2 heterocycles. The molecule has 0 saturated heterocycles. The molecule has 5 heteroatoms. The van der Waals surface area contributed by atoms with Gasteiger partial charge in [0.1, 0.15) is 0 Å². The third kappa shape index (κ3) is 2.89. The second kappa shape index (κ2) is 6.43. The number of ether oxygens (including phenoxy) is 1. The lowest BCUT2D eigenvalue weighted by Gasteiger charge is -2.09. The minimum Gasteiger partial charge on any atom is -0.465 e. The molecule has 0 fully saturated rings. The number of hydrogen-bond donors (Lipinski definition) is 1. The van der Waals surface area contributed by atoms with Crippen LogP contribution in [0.1, 0.15) is 23.9 Å². The van der Waals surface area contributed by atoms with Crippen LogP contribution in [-0.2, 0) is 14.3 Å². The number of nitrogens with one attached hydrogen (secondary N) is 1. The van der Waals surface area contributed by atoms with Gasteiger partial charge in [0, 0.05) is 22.8 Å². The molecule has 0 unspecified atom stereocenters. The number of nitrogens with zero attached hydrogens (tertiary/aromatic N) is 1. The van der Waals surface area contributed by atoms with Crippen LogP contribution in [0, 0.1) is 13.8 Å². The third-order valence-corrected chi connectivity index (χ3v) is 4.36. The zero-order valence-electron chi connectivity index (χ0n) is 14.7. The van der Waals surface area contributed by atoms with Crippen LogP contribution in [0.3, 0.4) is 0 Å². The molecular weight excluding hydrogens is 316 g/mol. The maximum Gasteiger partial charge on any atom is 0.340 e. The Hall–Kier alpha value is -3.08. The predicted molar refractivity (Wildman–Crippen MR) is 96.1 cm³/mol. The van der Waals surface area contributed by atoms with Crippen LogP contribution in [-0.4, -0.2) is 23.6 Å². The van der Waals surface area contributed by atoms with Gasteiger partial charge in [0.15, 0.2) is 0 Å². The molecule has 0 aliphatic carbocycles. The van der Waals surface area contributed by atoms with Gasteiger partial charge >= 0.3 is 5.97 Å². The van der Waals surface area contributed by atoms with E-state index in [0.717, 1.165) is 22.6 Å². The molecule has 0 atom stereocenters. The Morgan fingerprint density at radius 3 is 2.48 bits per heavy atom. The quantitative estimate of drug-likeness (QED) is 0.692. The standard InChI is InChI=1S/C20H20N2O3/c1-12-10-15(14(3)22(12)16-8-6-5-7-9-16)11-17-18(20(24)25-4)13(2)21-19(17)23/h5-11H,1-4H3,(H,21,23)/b17-11-. The molecule has 0 bridgehead atoms. The number of carbonyl (C=O) groups excluding carboxylic acids is 2. The highest BCUT2D eigenvalue weighted by Crippen LogP contribution is 2.28. The number of hydrogen-bond acceptors (Lipinski definition) is 3. The van der Waals surface area contributed by atoms with Crippen molar-refractivity contribution >= 4 is 18.0 Å². The average Bonchev–Trinajstić information content (AvgIpc) is 3.03. The van der Waals surface area contributed by atoms with E-state index in [9.17, 15) is 9.59 Å². The van der Waals surface area contributed by atoms with Crippen LogP contribution in [0.2, 0.25) is 0 Å². The number of amides is 1. The third-order valence-electron chi connectivity index (χ3n) is 4.36. The van der Waals surface area contributed by atoms with Gasteiger partial charge in [-0.15, -0.1) is 0 Å². The van der Waals surface area contributed by atoms with Crippen molar-refractivity contribution in [1.82, 2.24) is 9.88 Å². The monoisotopic (exact) mass is 336 g/mol. The lowest BCUT2D eigenvalue weighted by molar-refractivity contribution is -0.136. The summed E-state index contributed by atoms with van der Waals surface area (Å²) in [6.07, 6.45) is 1.75. The van der Waals surface area contributed by atoms with Crippen molar-refractivity contribution in [3.8, 4) is 5.69 Å². The summed E-state index contributed by atoms with van der Waals surface area (Å²) in [7, 11) is 1.31. The normalized spacial score (nSPS) is 15.7. The van der Waals surface area contributed by atoms with Crippen molar-refractivity contribution in [2.75, 3.05) is 7.11 Å². The number of methoxy groups -OCH3 is 1. The highest BCUT2D eigenvalue weighted by molar-refractivity contribution is 6.16. The van der Waals surface area contributed by atoms with Crippen molar-refractivity contribution in [2.24, 2.45) is 0 Å².